The second-order valence-corrected chi connectivity index (χ2v) is 5.03. The minimum absolute atomic E-state index is 0.569. The van der Waals surface area contributed by atoms with Gasteiger partial charge in [0.2, 0.25) is 0 Å². The van der Waals surface area contributed by atoms with Crippen LogP contribution in [0.25, 0.3) is 0 Å². The first-order valence-corrected chi connectivity index (χ1v) is 6.37. The highest BCUT2D eigenvalue weighted by Gasteiger charge is 2.29. The SMILES string of the molecule is CC1CN(C)C(CCN)CN1Cc1ccco1. The lowest BCUT2D eigenvalue weighted by molar-refractivity contribution is 0.0401. The number of furan rings is 1. The summed E-state index contributed by atoms with van der Waals surface area (Å²) in [5.74, 6) is 1.05. The number of hydrogen-bond donors (Lipinski definition) is 1. The highest BCUT2D eigenvalue weighted by atomic mass is 16.3. The lowest BCUT2D eigenvalue weighted by atomic mass is 10.1. The summed E-state index contributed by atoms with van der Waals surface area (Å²) in [4.78, 5) is 4.91. The molecule has 0 spiro atoms. The average Bonchev–Trinajstić information content (AvgIpc) is 2.78. The van der Waals surface area contributed by atoms with Crippen molar-refractivity contribution in [1.82, 2.24) is 9.80 Å². The van der Waals surface area contributed by atoms with E-state index < -0.39 is 0 Å². The summed E-state index contributed by atoms with van der Waals surface area (Å²) in [5, 5.41) is 0. The first-order valence-electron chi connectivity index (χ1n) is 6.37. The Kier molecular flexibility index (Phi) is 4.20. The van der Waals surface area contributed by atoms with Crippen molar-refractivity contribution in [3.63, 3.8) is 0 Å². The summed E-state index contributed by atoms with van der Waals surface area (Å²) in [5.41, 5.74) is 5.67. The molecule has 17 heavy (non-hydrogen) atoms. The fourth-order valence-corrected chi connectivity index (χ4v) is 2.60. The fourth-order valence-electron chi connectivity index (χ4n) is 2.60. The Balaban J connectivity index is 1.96. The third kappa shape index (κ3) is 3.09. The van der Waals surface area contributed by atoms with Crippen molar-refractivity contribution in [3.8, 4) is 0 Å². The standard InChI is InChI=1S/C13H23N3O/c1-11-8-15(2)12(5-6-14)9-16(11)10-13-4-3-7-17-13/h3-4,7,11-12H,5-6,8-10,14H2,1-2H3. The number of likely N-dealkylation sites (N-methyl/N-ethyl adjacent to an activating group) is 1. The Morgan fingerprint density at radius 1 is 1.47 bits per heavy atom. The number of nitrogens with two attached hydrogens (primary N) is 1. The van der Waals surface area contributed by atoms with Gasteiger partial charge in [0, 0.05) is 25.2 Å². The molecule has 0 aliphatic carbocycles. The Labute approximate surface area is 103 Å². The predicted octanol–water partition coefficient (Wildman–Crippen LogP) is 1.13. The molecule has 96 valence electrons. The minimum atomic E-state index is 0.569. The van der Waals surface area contributed by atoms with Gasteiger partial charge in [-0.3, -0.25) is 4.90 Å². The van der Waals surface area contributed by atoms with Gasteiger partial charge in [-0.25, -0.2) is 0 Å². The second kappa shape index (κ2) is 5.67. The van der Waals surface area contributed by atoms with Crippen LogP contribution in [-0.4, -0.2) is 48.6 Å². The first kappa shape index (κ1) is 12.6. The number of nitrogens with zero attached hydrogens (tertiary/aromatic N) is 2. The van der Waals surface area contributed by atoms with Crippen LogP contribution in [0.1, 0.15) is 19.1 Å². The topological polar surface area (TPSA) is 45.6 Å². The van der Waals surface area contributed by atoms with E-state index in [0.717, 1.165) is 38.4 Å². The van der Waals surface area contributed by atoms with Crippen molar-refractivity contribution in [2.24, 2.45) is 5.73 Å². The van der Waals surface area contributed by atoms with Gasteiger partial charge in [0.25, 0.3) is 0 Å². The third-order valence-corrected chi connectivity index (χ3v) is 3.68. The van der Waals surface area contributed by atoms with Gasteiger partial charge in [-0.15, -0.1) is 0 Å². The molecule has 0 amide bonds. The van der Waals surface area contributed by atoms with E-state index in [-0.39, 0.29) is 0 Å². The van der Waals surface area contributed by atoms with E-state index in [1.54, 1.807) is 6.26 Å². The summed E-state index contributed by atoms with van der Waals surface area (Å²) in [6, 6.07) is 5.14. The van der Waals surface area contributed by atoms with Crippen molar-refractivity contribution >= 4 is 0 Å². The van der Waals surface area contributed by atoms with Crippen molar-refractivity contribution in [3.05, 3.63) is 24.2 Å². The van der Waals surface area contributed by atoms with Crippen molar-refractivity contribution < 1.29 is 4.42 Å². The molecule has 4 heteroatoms. The van der Waals surface area contributed by atoms with Gasteiger partial charge in [-0.2, -0.15) is 0 Å². The molecule has 0 radical (unpaired) electrons. The van der Waals surface area contributed by atoms with Crippen LogP contribution in [0.15, 0.2) is 22.8 Å². The highest BCUT2D eigenvalue weighted by Crippen LogP contribution is 2.18. The van der Waals surface area contributed by atoms with E-state index in [9.17, 15) is 0 Å². The Morgan fingerprint density at radius 2 is 2.29 bits per heavy atom. The summed E-state index contributed by atoms with van der Waals surface area (Å²) < 4.78 is 5.43. The quantitative estimate of drug-likeness (QED) is 0.853. The molecule has 1 fully saturated rings. The van der Waals surface area contributed by atoms with Crippen LogP contribution < -0.4 is 5.73 Å². The van der Waals surface area contributed by atoms with Crippen LogP contribution in [0.5, 0.6) is 0 Å². The molecule has 2 heterocycles. The Bertz CT molecular complexity index is 325. The van der Waals surface area contributed by atoms with Crippen molar-refractivity contribution in [1.29, 1.82) is 0 Å². The lowest BCUT2D eigenvalue weighted by Gasteiger charge is -2.43. The van der Waals surface area contributed by atoms with Crippen molar-refractivity contribution in [2.45, 2.75) is 32.0 Å². The molecule has 2 atom stereocenters. The second-order valence-electron chi connectivity index (χ2n) is 5.03. The molecular formula is C13H23N3O. The van der Waals surface area contributed by atoms with Gasteiger partial charge in [0.15, 0.2) is 0 Å². The van der Waals surface area contributed by atoms with Crippen LogP contribution in [0.2, 0.25) is 0 Å². The van der Waals surface area contributed by atoms with Gasteiger partial charge < -0.3 is 15.1 Å². The average molecular weight is 237 g/mol. The first-order chi connectivity index (χ1) is 8.20. The Hall–Kier alpha value is -0.840. The van der Waals surface area contributed by atoms with E-state index in [1.165, 1.54) is 0 Å². The molecule has 4 nitrogen and oxygen atoms in total. The zero-order chi connectivity index (χ0) is 12.3. The summed E-state index contributed by atoms with van der Waals surface area (Å²) in [6.07, 6.45) is 2.81. The zero-order valence-corrected chi connectivity index (χ0v) is 10.8. The molecule has 2 N–H and O–H groups in total. The molecule has 1 aromatic rings. The van der Waals surface area contributed by atoms with E-state index in [1.807, 2.05) is 12.1 Å². The molecule has 2 rings (SSSR count). The fraction of sp³-hybridized carbons (Fsp3) is 0.692. The maximum Gasteiger partial charge on any atom is 0.117 e. The van der Waals surface area contributed by atoms with E-state index >= 15 is 0 Å². The number of rotatable bonds is 4. The molecule has 2 unspecified atom stereocenters. The van der Waals surface area contributed by atoms with E-state index in [0.29, 0.717) is 12.1 Å². The molecule has 0 saturated carbocycles. The number of hydrogen-bond acceptors (Lipinski definition) is 4. The smallest absolute Gasteiger partial charge is 0.117 e. The highest BCUT2D eigenvalue weighted by molar-refractivity contribution is 4.99. The molecule has 1 saturated heterocycles. The zero-order valence-electron chi connectivity index (χ0n) is 10.8. The maximum atomic E-state index is 5.67. The minimum Gasteiger partial charge on any atom is -0.468 e. The molecule has 1 aromatic heterocycles. The molecule has 1 aliphatic heterocycles. The normalized spacial score (nSPS) is 27.5. The molecule has 0 bridgehead atoms. The predicted molar refractivity (Wildman–Crippen MR) is 68.7 cm³/mol. The van der Waals surface area contributed by atoms with Gasteiger partial charge in [0.05, 0.1) is 12.8 Å². The van der Waals surface area contributed by atoms with Crippen LogP contribution in [0, 0.1) is 0 Å². The van der Waals surface area contributed by atoms with Crippen LogP contribution >= 0.6 is 0 Å². The van der Waals surface area contributed by atoms with Gasteiger partial charge >= 0.3 is 0 Å². The lowest BCUT2D eigenvalue weighted by Crippen LogP contribution is -2.55. The van der Waals surface area contributed by atoms with Gasteiger partial charge in [-0.05, 0) is 39.1 Å². The molecular weight excluding hydrogens is 214 g/mol. The van der Waals surface area contributed by atoms with E-state index in [2.05, 4.69) is 23.8 Å². The monoisotopic (exact) mass is 237 g/mol. The van der Waals surface area contributed by atoms with E-state index in [4.69, 9.17) is 10.2 Å². The molecule has 0 aromatic carbocycles. The van der Waals surface area contributed by atoms with Gasteiger partial charge in [-0.1, -0.05) is 0 Å². The van der Waals surface area contributed by atoms with Crippen LogP contribution in [-0.2, 0) is 6.54 Å². The third-order valence-electron chi connectivity index (χ3n) is 3.68. The molecule has 1 aliphatic rings. The van der Waals surface area contributed by atoms with Crippen LogP contribution in [0.4, 0.5) is 0 Å². The Morgan fingerprint density at radius 3 is 2.94 bits per heavy atom. The van der Waals surface area contributed by atoms with Crippen LogP contribution in [0.3, 0.4) is 0 Å². The van der Waals surface area contributed by atoms with Gasteiger partial charge in [0.1, 0.15) is 5.76 Å². The summed E-state index contributed by atoms with van der Waals surface area (Å²) in [7, 11) is 2.20. The van der Waals surface area contributed by atoms with Crippen molar-refractivity contribution in [2.75, 3.05) is 26.7 Å². The maximum absolute atomic E-state index is 5.67. The number of piperazine rings is 1. The summed E-state index contributed by atoms with van der Waals surface area (Å²) in [6.45, 7) is 6.13. The summed E-state index contributed by atoms with van der Waals surface area (Å²) >= 11 is 0. The largest absolute Gasteiger partial charge is 0.468 e.